The summed E-state index contributed by atoms with van der Waals surface area (Å²) in [5.41, 5.74) is 7.99. The normalized spacial score (nSPS) is 17.5. The van der Waals surface area contributed by atoms with Crippen molar-refractivity contribution in [2.45, 2.75) is 77.7 Å². The van der Waals surface area contributed by atoms with Crippen LogP contribution in [0.1, 0.15) is 68.6 Å². The van der Waals surface area contributed by atoms with E-state index in [0.717, 1.165) is 67.8 Å². The highest BCUT2D eigenvalue weighted by Crippen LogP contribution is 2.32. The number of amides is 3. The summed E-state index contributed by atoms with van der Waals surface area (Å²) in [6.45, 7) is 7.91. The lowest BCUT2D eigenvalue weighted by molar-refractivity contribution is -0.124. The number of aryl methyl sites for hydroxylation is 2. The molecule has 11 heteroatoms. The molecule has 1 aromatic carbocycles. The van der Waals surface area contributed by atoms with Crippen LogP contribution in [0.15, 0.2) is 17.1 Å². The Labute approximate surface area is 227 Å². The van der Waals surface area contributed by atoms with Gasteiger partial charge in [0.2, 0.25) is 10.0 Å². The van der Waals surface area contributed by atoms with Crippen molar-refractivity contribution < 1.29 is 22.7 Å². The number of amidine groups is 1. The molecule has 1 saturated heterocycles. The van der Waals surface area contributed by atoms with Gasteiger partial charge in [0.15, 0.2) is 0 Å². The molecule has 1 spiro atoms. The molecule has 2 aliphatic rings. The van der Waals surface area contributed by atoms with Crippen LogP contribution >= 0.6 is 0 Å². The summed E-state index contributed by atoms with van der Waals surface area (Å²) in [6.07, 6.45) is 6.03. The highest BCUT2D eigenvalue weighted by molar-refractivity contribution is 7.89. The van der Waals surface area contributed by atoms with Crippen LogP contribution in [0.2, 0.25) is 0 Å². The van der Waals surface area contributed by atoms with E-state index < -0.39 is 21.6 Å². The summed E-state index contributed by atoms with van der Waals surface area (Å²) in [6, 6.07) is 3.14. The first-order valence-electron chi connectivity index (χ1n) is 13.6. The van der Waals surface area contributed by atoms with Crippen LogP contribution in [0.5, 0.6) is 0 Å². The van der Waals surface area contributed by atoms with Crippen molar-refractivity contribution in [3.63, 3.8) is 0 Å². The Morgan fingerprint density at radius 1 is 1.13 bits per heavy atom. The highest BCUT2D eigenvalue weighted by Gasteiger charge is 2.47. The van der Waals surface area contributed by atoms with Gasteiger partial charge in [-0.05, 0) is 81.7 Å². The number of piperidine rings is 1. The van der Waals surface area contributed by atoms with Gasteiger partial charge in [0.05, 0.1) is 5.75 Å². The van der Waals surface area contributed by atoms with Gasteiger partial charge in [-0.1, -0.05) is 12.8 Å². The minimum Gasteiger partial charge on any atom is -0.382 e. The first-order valence-corrected chi connectivity index (χ1v) is 15.2. The van der Waals surface area contributed by atoms with E-state index in [9.17, 15) is 18.0 Å². The number of hydrogen-bond acceptors (Lipinski definition) is 6. The molecule has 0 saturated carbocycles. The molecular weight excluding hydrogens is 506 g/mol. The number of ether oxygens (including phenoxy) is 1. The molecule has 1 fully saturated rings. The third kappa shape index (κ3) is 7.33. The van der Waals surface area contributed by atoms with E-state index in [2.05, 4.69) is 5.32 Å². The second-order valence-electron chi connectivity index (χ2n) is 10.3. The maximum absolute atomic E-state index is 13.2. The largest absolute Gasteiger partial charge is 0.382 e. The van der Waals surface area contributed by atoms with Crippen LogP contribution in [-0.4, -0.2) is 75.1 Å². The number of carbonyl (C=O) groups is 2. The van der Waals surface area contributed by atoms with Gasteiger partial charge < -0.3 is 15.8 Å². The number of benzene rings is 1. The van der Waals surface area contributed by atoms with E-state index in [1.807, 2.05) is 32.9 Å². The van der Waals surface area contributed by atoms with Gasteiger partial charge in [-0.25, -0.2) is 17.5 Å². The molecule has 2 heterocycles. The summed E-state index contributed by atoms with van der Waals surface area (Å²) in [5.74, 6) is 0.608. The number of carbonyl (C=O) groups excluding carboxylic acids is 2. The number of nitrogens with two attached hydrogens (primary N) is 1. The van der Waals surface area contributed by atoms with Crippen molar-refractivity contribution in [1.82, 2.24) is 9.62 Å². The van der Waals surface area contributed by atoms with Gasteiger partial charge in [-0.15, -0.1) is 0 Å². The molecule has 3 amide bonds. The van der Waals surface area contributed by atoms with Crippen LogP contribution in [-0.2, 0) is 26.0 Å². The maximum atomic E-state index is 13.2. The number of nitrogens with zero attached hydrogens (tertiary/aromatic N) is 3. The summed E-state index contributed by atoms with van der Waals surface area (Å²) in [4.78, 5) is 30.4. The number of anilines is 1. The SMILES string of the molecule is CCOCCCCCCC1=NC2(CCN(S(=O)(=O)CCc3c(C)cc(N(C)C(N)=O)cc3C)CC2)C(=O)N1. The molecule has 0 radical (unpaired) electrons. The molecule has 2 aliphatic heterocycles. The zero-order valence-electron chi connectivity index (χ0n) is 23.2. The molecule has 1 aromatic rings. The zero-order valence-corrected chi connectivity index (χ0v) is 24.0. The number of rotatable bonds is 13. The molecular formula is C27H43N5O5S. The van der Waals surface area contributed by atoms with Gasteiger partial charge in [-0.2, -0.15) is 0 Å². The molecule has 38 heavy (non-hydrogen) atoms. The number of sulfonamides is 1. The second-order valence-corrected chi connectivity index (χ2v) is 12.4. The Balaban J connectivity index is 1.53. The number of primary amides is 1. The van der Waals surface area contributed by atoms with Crippen molar-refractivity contribution >= 4 is 33.5 Å². The predicted octanol–water partition coefficient (Wildman–Crippen LogP) is 3.04. The molecule has 10 nitrogen and oxygen atoms in total. The fourth-order valence-corrected chi connectivity index (χ4v) is 6.68. The Hall–Kier alpha value is -2.50. The van der Waals surface area contributed by atoms with Crippen molar-refractivity contribution in [1.29, 1.82) is 0 Å². The Bertz CT molecular complexity index is 1120. The third-order valence-corrected chi connectivity index (χ3v) is 9.51. The third-order valence-electron chi connectivity index (χ3n) is 7.64. The molecule has 3 N–H and O–H groups in total. The summed E-state index contributed by atoms with van der Waals surface area (Å²) in [7, 11) is -1.90. The zero-order chi connectivity index (χ0) is 27.9. The van der Waals surface area contributed by atoms with E-state index in [0.29, 0.717) is 24.9 Å². The van der Waals surface area contributed by atoms with Crippen molar-refractivity contribution in [2.75, 3.05) is 44.0 Å². The van der Waals surface area contributed by atoms with Gasteiger partial charge in [0, 0.05) is 45.5 Å². The van der Waals surface area contributed by atoms with Crippen molar-refractivity contribution in [3.05, 3.63) is 28.8 Å². The Morgan fingerprint density at radius 3 is 2.37 bits per heavy atom. The van der Waals surface area contributed by atoms with Gasteiger partial charge in [-0.3, -0.25) is 14.7 Å². The standard InChI is InChI=1S/C27H43N5O5S/c1-5-37-16-9-7-6-8-10-24-29-25(33)27(30-24)12-14-32(15-13-27)38(35,36)17-11-23-20(2)18-22(19-21(23)3)31(4)26(28)34/h18-19H,5-17H2,1-4H3,(H2,28,34)(H,29,30,33). The van der Waals surface area contributed by atoms with Gasteiger partial charge >= 0.3 is 6.03 Å². The van der Waals surface area contributed by atoms with Gasteiger partial charge in [0.25, 0.3) is 5.91 Å². The van der Waals surface area contributed by atoms with E-state index >= 15 is 0 Å². The molecule has 0 bridgehead atoms. The summed E-state index contributed by atoms with van der Waals surface area (Å²) < 4.78 is 33.2. The predicted molar refractivity (Wildman–Crippen MR) is 150 cm³/mol. The van der Waals surface area contributed by atoms with E-state index in [1.165, 1.54) is 9.21 Å². The fraction of sp³-hybridized carbons (Fsp3) is 0.667. The summed E-state index contributed by atoms with van der Waals surface area (Å²) in [5, 5.41) is 2.94. The second kappa shape index (κ2) is 13.0. The summed E-state index contributed by atoms with van der Waals surface area (Å²) >= 11 is 0. The first kappa shape index (κ1) is 30.0. The lowest BCUT2D eigenvalue weighted by Crippen LogP contribution is -2.50. The highest BCUT2D eigenvalue weighted by atomic mass is 32.2. The monoisotopic (exact) mass is 549 g/mol. The number of hydrogen-bond donors (Lipinski definition) is 2. The van der Waals surface area contributed by atoms with E-state index in [4.69, 9.17) is 15.5 Å². The van der Waals surface area contributed by atoms with E-state index in [-0.39, 0.29) is 24.7 Å². The lowest BCUT2D eigenvalue weighted by atomic mass is 9.89. The van der Waals surface area contributed by atoms with Crippen LogP contribution < -0.4 is 16.0 Å². The smallest absolute Gasteiger partial charge is 0.318 e. The minimum absolute atomic E-state index is 0.0172. The van der Waals surface area contributed by atoms with Crippen molar-refractivity contribution in [3.8, 4) is 0 Å². The molecule has 0 atom stereocenters. The molecule has 0 aliphatic carbocycles. The van der Waals surface area contributed by atoms with Crippen LogP contribution in [0.4, 0.5) is 10.5 Å². The molecule has 212 valence electrons. The van der Waals surface area contributed by atoms with Crippen LogP contribution in [0.3, 0.4) is 0 Å². The Morgan fingerprint density at radius 2 is 1.76 bits per heavy atom. The average molecular weight is 550 g/mol. The quantitative estimate of drug-likeness (QED) is 0.365. The van der Waals surface area contributed by atoms with Crippen LogP contribution in [0, 0.1) is 13.8 Å². The molecule has 3 rings (SSSR count). The first-order chi connectivity index (χ1) is 18.0. The number of aliphatic imine (C=N–C) groups is 1. The number of urea groups is 1. The minimum atomic E-state index is -3.50. The average Bonchev–Trinajstić information content (AvgIpc) is 3.16. The number of nitrogens with one attached hydrogen (secondary N) is 1. The van der Waals surface area contributed by atoms with Crippen LogP contribution in [0.25, 0.3) is 0 Å². The fourth-order valence-electron chi connectivity index (χ4n) is 5.22. The molecule has 0 aromatic heterocycles. The lowest BCUT2D eigenvalue weighted by Gasteiger charge is -2.34. The number of unbranched alkanes of at least 4 members (excludes halogenated alkanes) is 3. The topological polar surface area (TPSA) is 134 Å². The van der Waals surface area contributed by atoms with Gasteiger partial charge in [0.1, 0.15) is 11.4 Å². The Kier molecular flexibility index (Phi) is 10.3. The maximum Gasteiger partial charge on any atom is 0.318 e. The molecule has 0 unspecified atom stereocenters. The van der Waals surface area contributed by atoms with Crippen molar-refractivity contribution in [2.24, 2.45) is 10.7 Å². The van der Waals surface area contributed by atoms with E-state index in [1.54, 1.807) is 7.05 Å².